The molecule has 0 heterocycles. The molecular weight excluding hydrogens is 3320 g/mol. The minimum absolute atomic E-state index is 0. The quantitative estimate of drug-likeness (QED) is 0.205. The summed E-state index contributed by atoms with van der Waals surface area (Å²) in [6.07, 6.45) is 0. The predicted molar refractivity (Wildman–Crippen MR) is 115 cm³/mol. The standard InChI is InChI=1S/8Na.30H2O.36O.U.10W/h;;;;;;;;30*1H2;;;;;;;;;;;;;;;;;;;;;;;;;;;;;;;;;;;;;;;;;;;;;;;/q8*+1;;;;;;;;;;;;;;;;;;;;;;;;;;;;;;;36*-2;;;;;;;;;;;/p-11. The van der Waals surface area contributed by atoms with Crippen LogP contribution in [-0.2, 0) is 408 Å². The van der Waals surface area contributed by atoms with Gasteiger partial charge in [-0.1, -0.05) is 0 Å². The summed E-state index contributed by atoms with van der Waals surface area (Å²) in [6.45, 7) is 0. The molecular formula is H49Na8O66UW10-75. The van der Waals surface area contributed by atoms with Crippen molar-refractivity contribution in [2.24, 2.45) is 0 Å². The van der Waals surface area contributed by atoms with E-state index in [-0.39, 0.29) is 840 Å². The Morgan fingerprint density at radius 2 is 0.0706 bits per heavy atom. The molecule has 0 fully saturated rings. The second-order valence-corrected chi connectivity index (χ2v) is 0. The van der Waals surface area contributed by atoms with Crippen LogP contribution in [0.1, 0.15) is 0 Å². The van der Waals surface area contributed by atoms with Gasteiger partial charge >= 0.3 is 236 Å². The molecule has 66 nitrogen and oxygen atoms in total. The van der Waals surface area contributed by atoms with E-state index in [1.165, 1.54) is 0 Å². The van der Waals surface area contributed by atoms with Gasteiger partial charge in [-0.2, -0.15) is 0 Å². The van der Waals surface area contributed by atoms with E-state index in [1.807, 2.05) is 0 Å². The fraction of sp³-hybridized carbons (Fsp3) is 0. The molecule has 0 rings (SSSR count). The van der Waals surface area contributed by atoms with Gasteiger partial charge in [0.25, 0.3) is 0 Å². The zero-order valence-corrected chi connectivity index (χ0v) is 91.2. The van der Waals surface area contributed by atoms with E-state index in [2.05, 4.69) is 0 Å². The van der Waals surface area contributed by atoms with Crippen molar-refractivity contribution < 1.29 is 840 Å². The maximum atomic E-state index is 0. The van der Waals surface area contributed by atoms with E-state index in [0.29, 0.717) is 0 Å². The van der Waals surface area contributed by atoms with Gasteiger partial charge in [0.2, 0.25) is 0 Å². The molecule has 0 saturated heterocycles. The van der Waals surface area contributed by atoms with Crippen molar-refractivity contribution in [2.45, 2.75) is 0 Å². The number of hydrogen-bond acceptors (Lipinski definition) is 11. The van der Waals surface area contributed by atoms with E-state index in [0.717, 1.165) is 0 Å². The van der Waals surface area contributed by atoms with Gasteiger partial charge in [0.05, 0.1) is 0 Å². The molecule has 0 spiro atoms. The topological polar surface area (TPSA) is 1950 Å². The molecule has 0 radical (unpaired) electrons. The third-order valence-corrected chi connectivity index (χ3v) is 0. The fourth-order valence-electron chi connectivity index (χ4n) is 0. The first-order valence-corrected chi connectivity index (χ1v) is 0. The van der Waals surface area contributed by atoms with Gasteiger partial charge in [-0.25, -0.2) is 0 Å². The average Bonchev–Trinajstić information content (AvgIpc) is 0. The fourth-order valence-corrected chi connectivity index (χ4v) is 0. The Balaban J connectivity index is 0. The summed E-state index contributed by atoms with van der Waals surface area (Å²) < 4.78 is 0. The monoisotopic (exact) mass is 3370 g/mol. The zero-order valence-electron chi connectivity index (χ0n) is 41.7. The molecule has 49 N–H and O–H groups in total. The van der Waals surface area contributed by atoms with E-state index in [1.54, 1.807) is 0 Å². The van der Waals surface area contributed by atoms with Crippen LogP contribution in [0.25, 0.3) is 0 Å². The van der Waals surface area contributed by atoms with Crippen LogP contribution >= 0.6 is 0 Å². The van der Waals surface area contributed by atoms with Crippen LogP contribution in [0.5, 0.6) is 0 Å². The predicted octanol–water partition coefficient (Wildman–Crippen LogP) is -45.9. The zero-order chi connectivity index (χ0) is 0. The third kappa shape index (κ3) is 5000. The minimum atomic E-state index is 0. The Labute approximate surface area is 824 Å². The largest absolute Gasteiger partial charge is 2.00 e. The van der Waals surface area contributed by atoms with Crippen LogP contribution in [0.4, 0.5) is 0 Å². The molecule has 0 amide bonds. The van der Waals surface area contributed by atoms with Crippen molar-refractivity contribution in [1.82, 2.24) is 0 Å². The maximum Gasteiger partial charge on any atom is 1.00 e. The van der Waals surface area contributed by atoms with E-state index >= 15 is 0 Å². The Kier molecular flexibility index (Phi) is 316000. The molecule has 0 aliphatic rings. The molecule has 0 bridgehead atoms. The van der Waals surface area contributed by atoms with Crippen LogP contribution in [0.15, 0.2) is 0 Å². The van der Waals surface area contributed by atoms with Gasteiger partial charge in [-0.3, -0.25) is 0 Å². The minimum Gasteiger partial charge on any atom is -2.00 e. The molecule has 0 aromatic rings. The molecule has 0 aromatic heterocycles. The molecule has 0 saturated carbocycles. The molecule has 0 unspecified atom stereocenters. The van der Waals surface area contributed by atoms with Gasteiger partial charge in [0.1, 0.15) is 0 Å². The SMILES string of the molecule is O.O.O.O.O.O.O.O.O.O.O.O.O.O.O.O.O.O.O.[Na+].[Na+].[Na+].[Na+].[Na+].[Na+].[Na+].[Na+].[O-2].[O-2].[O-2].[O-2].[O-2].[O-2].[O-2].[O-2].[O-2].[O-2].[O-2].[O-2].[O-2].[O-2].[O-2].[O-2].[O-2].[O-2].[O-2].[O-2].[O-2].[O-2].[O-2].[O-2].[O-2].[O-2].[O-2].[O-2].[O-2].[O-2].[O-2].[O-2].[O-2].[O-2].[O-2].[O-2].[OH-].[OH-].[OH-].[OH-].[OH-].[OH-].[OH-].[OH-].[OH-].[OH-].[OH-].[U].[W].[W].[W].[W].[W].[W].[W].[W].[W].[W]. The first kappa shape index (κ1) is 5260. The molecule has 592 valence electrons. The molecule has 0 aromatic carbocycles. The summed E-state index contributed by atoms with van der Waals surface area (Å²) in [6, 6.07) is 0. The smallest absolute Gasteiger partial charge is 1.00 e. The van der Waals surface area contributed by atoms with Gasteiger partial charge in [-0.05, 0) is 0 Å². The molecule has 0 aliphatic carbocycles. The van der Waals surface area contributed by atoms with E-state index in [4.69, 9.17) is 0 Å². The number of rotatable bonds is 0. The first-order valence-electron chi connectivity index (χ1n) is 0. The normalized spacial score (nSPS) is 0. The first-order chi connectivity index (χ1) is 0. The van der Waals surface area contributed by atoms with Crippen molar-refractivity contribution in [3.05, 3.63) is 0 Å². The summed E-state index contributed by atoms with van der Waals surface area (Å²) in [7, 11) is 0. The summed E-state index contributed by atoms with van der Waals surface area (Å²) in [4.78, 5) is 0. The Morgan fingerprint density at radius 3 is 0.0706 bits per heavy atom. The van der Waals surface area contributed by atoms with Gasteiger partial charge in [0.15, 0.2) is 0 Å². The van der Waals surface area contributed by atoms with Crippen LogP contribution < -0.4 is 236 Å². The molecule has 85 heavy (non-hydrogen) atoms. The summed E-state index contributed by atoms with van der Waals surface area (Å²) in [5, 5.41) is 0. The molecule has 85 heteroatoms. The van der Waals surface area contributed by atoms with Crippen LogP contribution in [0.3, 0.4) is 0 Å². The summed E-state index contributed by atoms with van der Waals surface area (Å²) in [5.74, 6) is 0. The van der Waals surface area contributed by atoms with Crippen molar-refractivity contribution in [3.63, 3.8) is 0 Å². The van der Waals surface area contributed by atoms with Crippen molar-refractivity contribution in [3.8, 4) is 0 Å². The van der Waals surface area contributed by atoms with Gasteiger partial charge in [-0.15, -0.1) is 0 Å². The summed E-state index contributed by atoms with van der Waals surface area (Å²) in [5.41, 5.74) is 0. The molecule has 0 aliphatic heterocycles. The second kappa shape index (κ2) is 5100. The van der Waals surface area contributed by atoms with Crippen molar-refractivity contribution >= 4 is 0 Å². The third-order valence-electron chi connectivity index (χ3n) is 0. The van der Waals surface area contributed by atoms with Crippen molar-refractivity contribution in [1.29, 1.82) is 0 Å². The Morgan fingerprint density at radius 1 is 0.0706 bits per heavy atom. The maximum absolute atomic E-state index is 0. The Hall–Kier alpha value is 13.3. The van der Waals surface area contributed by atoms with Gasteiger partial charge in [0, 0.05) is 242 Å². The van der Waals surface area contributed by atoms with Crippen LogP contribution in [-0.4, -0.2) is 164 Å². The average molecular weight is 3370 g/mol. The second-order valence-electron chi connectivity index (χ2n) is 0. The van der Waals surface area contributed by atoms with Crippen LogP contribution in [0.2, 0.25) is 0 Å². The van der Waals surface area contributed by atoms with E-state index < -0.39 is 0 Å². The summed E-state index contributed by atoms with van der Waals surface area (Å²) >= 11 is 0. The Bertz CT molecular complexity index is 88.6. The van der Waals surface area contributed by atoms with Crippen LogP contribution in [0, 0.1) is 31.1 Å². The number of hydrogen-bond donors (Lipinski definition) is 0. The van der Waals surface area contributed by atoms with Gasteiger partial charge < -0.3 is 361 Å². The molecule has 0 atom stereocenters. The van der Waals surface area contributed by atoms with E-state index in [9.17, 15) is 0 Å². The van der Waals surface area contributed by atoms with Crippen molar-refractivity contribution in [2.75, 3.05) is 0 Å².